The second-order valence-corrected chi connectivity index (χ2v) is 4.10. The summed E-state index contributed by atoms with van der Waals surface area (Å²) in [5, 5.41) is 6.35. The normalized spacial score (nSPS) is 10.1. The maximum Gasteiger partial charge on any atom is 0.252 e. The van der Waals surface area contributed by atoms with E-state index in [-0.39, 0.29) is 11.7 Å². The molecular formula is C12H10FNOS. The number of carbonyl (C=O) groups excluding carboxylic acids is 1. The molecule has 0 unspecified atom stereocenters. The molecule has 1 aromatic carbocycles. The van der Waals surface area contributed by atoms with Crippen molar-refractivity contribution in [1.29, 1.82) is 0 Å². The van der Waals surface area contributed by atoms with E-state index in [0.717, 1.165) is 5.56 Å². The second-order valence-electron chi connectivity index (χ2n) is 3.32. The third kappa shape index (κ3) is 2.67. The summed E-state index contributed by atoms with van der Waals surface area (Å²) in [7, 11) is 0. The van der Waals surface area contributed by atoms with Gasteiger partial charge in [-0.15, -0.1) is 0 Å². The van der Waals surface area contributed by atoms with Gasteiger partial charge in [0.25, 0.3) is 5.91 Å². The molecule has 0 saturated carbocycles. The van der Waals surface area contributed by atoms with Crippen molar-refractivity contribution >= 4 is 17.2 Å². The van der Waals surface area contributed by atoms with Crippen LogP contribution >= 0.6 is 11.3 Å². The lowest BCUT2D eigenvalue weighted by Gasteiger charge is -2.03. The first kappa shape index (κ1) is 10.8. The van der Waals surface area contributed by atoms with Crippen LogP contribution in [0.1, 0.15) is 15.9 Å². The van der Waals surface area contributed by atoms with Gasteiger partial charge in [-0.2, -0.15) is 11.3 Å². The number of thiophene rings is 1. The molecule has 0 radical (unpaired) electrons. The summed E-state index contributed by atoms with van der Waals surface area (Å²) in [5.74, 6) is -0.423. The molecule has 1 N–H and O–H groups in total. The Morgan fingerprint density at radius 1 is 1.38 bits per heavy atom. The van der Waals surface area contributed by atoms with Crippen LogP contribution in [0.5, 0.6) is 0 Å². The predicted molar refractivity (Wildman–Crippen MR) is 61.9 cm³/mol. The lowest BCUT2D eigenvalue weighted by molar-refractivity contribution is 0.0951. The molecule has 0 bridgehead atoms. The molecule has 2 rings (SSSR count). The summed E-state index contributed by atoms with van der Waals surface area (Å²) < 4.78 is 12.9. The summed E-state index contributed by atoms with van der Waals surface area (Å²) in [4.78, 5) is 11.6. The smallest absolute Gasteiger partial charge is 0.252 e. The molecule has 0 saturated heterocycles. The molecule has 1 heterocycles. The van der Waals surface area contributed by atoms with Gasteiger partial charge in [-0.05, 0) is 29.1 Å². The fourth-order valence-corrected chi connectivity index (χ4v) is 1.96. The molecule has 2 aromatic rings. The minimum absolute atomic E-state index is 0.134. The van der Waals surface area contributed by atoms with E-state index in [0.29, 0.717) is 12.1 Å². The number of nitrogens with one attached hydrogen (secondary N) is 1. The van der Waals surface area contributed by atoms with Crippen molar-refractivity contribution in [2.75, 3.05) is 0 Å². The van der Waals surface area contributed by atoms with Gasteiger partial charge < -0.3 is 5.32 Å². The topological polar surface area (TPSA) is 29.1 Å². The van der Waals surface area contributed by atoms with Gasteiger partial charge in [0.05, 0.1) is 0 Å². The van der Waals surface area contributed by atoms with Crippen molar-refractivity contribution in [3.8, 4) is 0 Å². The Kier molecular flexibility index (Phi) is 3.31. The zero-order chi connectivity index (χ0) is 11.4. The zero-order valence-corrected chi connectivity index (χ0v) is 9.26. The van der Waals surface area contributed by atoms with Crippen LogP contribution in [0.2, 0.25) is 0 Å². The second kappa shape index (κ2) is 4.90. The average molecular weight is 235 g/mol. The van der Waals surface area contributed by atoms with Crippen LogP contribution in [0.15, 0.2) is 41.1 Å². The number of benzene rings is 1. The van der Waals surface area contributed by atoms with Crippen LogP contribution in [0.25, 0.3) is 0 Å². The molecule has 0 atom stereocenters. The monoisotopic (exact) mass is 235 g/mol. The van der Waals surface area contributed by atoms with E-state index in [4.69, 9.17) is 0 Å². The van der Waals surface area contributed by atoms with Crippen LogP contribution in [-0.2, 0) is 6.54 Å². The van der Waals surface area contributed by atoms with Crippen molar-refractivity contribution in [1.82, 2.24) is 5.32 Å². The number of carbonyl (C=O) groups is 1. The summed E-state index contributed by atoms with van der Waals surface area (Å²) in [6.45, 7) is 0.340. The molecule has 4 heteroatoms. The molecule has 0 spiro atoms. The highest BCUT2D eigenvalue weighted by Gasteiger charge is 2.04. The first-order chi connectivity index (χ1) is 7.75. The van der Waals surface area contributed by atoms with Gasteiger partial charge in [0.15, 0.2) is 0 Å². The van der Waals surface area contributed by atoms with Gasteiger partial charge in [0.1, 0.15) is 5.82 Å². The predicted octanol–water partition coefficient (Wildman–Crippen LogP) is 2.82. The van der Waals surface area contributed by atoms with Crippen LogP contribution in [-0.4, -0.2) is 5.91 Å². The highest BCUT2D eigenvalue weighted by atomic mass is 32.1. The highest BCUT2D eigenvalue weighted by Crippen LogP contribution is 2.07. The number of amides is 1. The molecule has 16 heavy (non-hydrogen) atoms. The number of hydrogen-bond acceptors (Lipinski definition) is 2. The van der Waals surface area contributed by atoms with Gasteiger partial charge in [-0.3, -0.25) is 4.79 Å². The molecular weight excluding hydrogens is 225 g/mol. The van der Waals surface area contributed by atoms with E-state index in [1.54, 1.807) is 23.6 Å². The lowest BCUT2D eigenvalue weighted by Crippen LogP contribution is -2.22. The Bertz CT molecular complexity index is 482. The first-order valence-electron chi connectivity index (χ1n) is 4.80. The lowest BCUT2D eigenvalue weighted by atomic mass is 10.2. The van der Waals surface area contributed by atoms with Gasteiger partial charge >= 0.3 is 0 Å². The van der Waals surface area contributed by atoms with E-state index in [2.05, 4.69) is 5.32 Å². The van der Waals surface area contributed by atoms with Gasteiger partial charge in [0, 0.05) is 17.5 Å². The number of halogens is 1. The van der Waals surface area contributed by atoms with E-state index in [9.17, 15) is 9.18 Å². The first-order valence-corrected chi connectivity index (χ1v) is 5.75. The molecule has 0 aliphatic heterocycles. The third-order valence-electron chi connectivity index (χ3n) is 2.13. The minimum Gasteiger partial charge on any atom is -0.348 e. The van der Waals surface area contributed by atoms with E-state index >= 15 is 0 Å². The molecule has 0 aliphatic rings. The summed E-state index contributed by atoms with van der Waals surface area (Å²) in [6.07, 6.45) is 0. The molecule has 2 nitrogen and oxygen atoms in total. The van der Waals surface area contributed by atoms with Crippen LogP contribution in [0, 0.1) is 5.82 Å². The summed E-state index contributed by atoms with van der Waals surface area (Å²) in [6, 6.07) is 7.95. The van der Waals surface area contributed by atoms with Crippen LogP contribution in [0.4, 0.5) is 4.39 Å². The van der Waals surface area contributed by atoms with Gasteiger partial charge in [0.2, 0.25) is 0 Å². The van der Waals surface area contributed by atoms with Gasteiger partial charge in [-0.25, -0.2) is 4.39 Å². The Labute approximate surface area is 96.7 Å². The van der Waals surface area contributed by atoms with Crippen molar-refractivity contribution in [2.24, 2.45) is 0 Å². The van der Waals surface area contributed by atoms with Crippen molar-refractivity contribution in [3.05, 3.63) is 58.0 Å². The largest absolute Gasteiger partial charge is 0.348 e. The number of rotatable bonds is 3. The van der Waals surface area contributed by atoms with Crippen molar-refractivity contribution in [3.63, 3.8) is 0 Å². The Balaban J connectivity index is 1.95. The molecule has 1 amide bonds. The molecule has 1 aromatic heterocycles. The molecule has 0 fully saturated rings. The maximum absolute atomic E-state index is 12.9. The fourth-order valence-electron chi connectivity index (χ4n) is 1.32. The minimum atomic E-state index is -0.290. The zero-order valence-electron chi connectivity index (χ0n) is 8.44. The average Bonchev–Trinajstić information content (AvgIpc) is 2.79. The van der Waals surface area contributed by atoms with E-state index < -0.39 is 0 Å². The Morgan fingerprint density at radius 3 is 2.94 bits per heavy atom. The summed E-state index contributed by atoms with van der Waals surface area (Å²) in [5.41, 5.74) is 1.39. The summed E-state index contributed by atoms with van der Waals surface area (Å²) >= 11 is 1.47. The van der Waals surface area contributed by atoms with Crippen molar-refractivity contribution < 1.29 is 9.18 Å². The highest BCUT2D eigenvalue weighted by molar-refractivity contribution is 7.08. The number of hydrogen-bond donors (Lipinski definition) is 1. The quantitative estimate of drug-likeness (QED) is 0.870. The molecule has 82 valence electrons. The van der Waals surface area contributed by atoms with Gasteiger partial charge in [-0.1, -0.05) is 12.1 Å². The standard InChI is InChI=1S/C12H10FNOS/c13-11-3-1-2-9(6-11)7-14-12(15)10-4-5-16-8-10/h1-6,8H,7H2,(H,14,15). The van der Waals surface area contributed by atoms with E-state index in [1.165, 1.54) is 23.5 Å². The molecule has 0 aliphatic carbocycles. The van der Waals surface area contributed by atoms with Crippen LogP contribution < -0.4 is 5.32 Å². The van der Waals surface area contributed by atoms with Crippen LogP contribution in [0.3, 0.4) is 0 Å². The van der Waals surface area contributed by atoms with Crippen molar-refractivity contribution in [2.45, 2.75) is 6.54 Å². The Morgan fingerprint density at radius 2 is 2.25 bits per heavy atom. The fraction of sp³-hybridized carbons (Fsp3) is 0.0833. The third-order valence-corrected chi connectivity index (χ3v) is 2.81. The SMILES string of the molecule is O=C(NCc1cccc(F)c1)c1ccsc1. The van der Waals surface area contributed by atoms with E-state index in [1.807, 2.05) is 5.38 Å². The Hall–Kier alpha value is -1.68. The maximum atomic E-state index is 12.9.